The van der Waals surface area contributed by atoms with Gasteiger partial charge in [-0.3, -0.25) is 4.79 Å². The molecule has 0 bridgehead atoms. The predicted molar refractivity (Wildman–Crippen MR) is 76.6 cm³/mol. The van der Waals surface area contributed by atoms with Gasteiger partial charge in [-0.25, -0.2) is 0 Å². The van der Waals surface area contributed by atoms with Crippen LogP contribution in [-0.4, -0.2) is 17.6 Å². The second kappa shape index (κ2) is 6.25. The third-order valence-corrected chi connectivity index (χ3v) is 4.28. The molecule has 0 atom stereocenters. The van der Waals surface area contributed by atoms with Gasteiger partial charge in [-0.05, 0) is 44.9 Å². The average molecular weight is 274 g/mol. The van der Waals surface area contributed by atoms with Crippen molar-refractivity contribution in [1.29, 1.82) is 0 Å². The number of aryl methyl sites for hydroxylation is 1. The minimum Gasteiger partial charge on any atom is -0.360 e. The minimum atomic E-state index is -0.0802. The molecule has 0 radical (unpaired) electrons. The molecule has 3 rings (SSSR count). The van der Waals surface area contributed by atoms with E-state index in [1.54, 1.807) is 0 Å². The van der Waals surface area contributed by atoms with E-state index in [1.165, 1.54) is 24.8 Å². The molecule has 0 unspecified atom stereocenters. The molecule has 0 fully saturated rings. The van der Waals surface area contributed by atoms with Gasteiger partial charge in [0.1, 0.15) is 5.76 Å². The van der Waals surface area contributed by atoms with Gasteiger partial charge in [-0.1, -0.05) is 23.2 Å². The molecule has 1 aromatic rings. The Labute approximate surface area is 119 Å². The molecule has 0 aromatic carbocycles. The highest BCUT2D eigenvalue weighted by Gasteiger charge is 2.22. The fourth-order valence-corrected chi connectivity index (χ4v) is 3.08. The van der Waals surface area contributed by atoms with Gasteiger partial charge in [0, 0.05) is 18.5 Å². The third kappa shape index (κ3) is 2.94. The Morgan fingerprint density at radius 2 is 2.00 bits per heavy atom. The number of fused-ring (bicyclic) bond motifs is 1. The maximum atomic E-state index is 12.3. The van der Waals surface area contributed by atoms with Crippen LogP contribution in [0.3, 0.4) is 0 Å². The molecule has 1 amide bonds. The van der Waals surface area contributed by atoms with Crippen LogP contribution in [0.25, 0.3) is 0 Å². The molecule has 1 N–H and O–H groups in total. The Kier molecular flexibility index (Phi) is 4.19. The summed E-state index contributed by atoms with van der Waals surface area (Å²) in [5, 5.41) is 6.99. The lowest BCUT2D eigenvalue weighted by molar-refractivity contribution is 0.0946. The lowest BCUT2D eigenvalue weighted by Crippen LogP contribution is -2.27. The van der Waals surface area contributed by atoms with Crippen molar-refractivity contribution >= 4 is 5.91 Å². The fourth-order valence-electron chi connectivity index (χ4n) is 3.08. The summed E-state index contributed by atoms with van der Waals surface area (Å²) < 4.78 is 5.35. The van der Waals surface area contributed by atoms with Crippen molar-refractivity contribution in [3.8, 4) is 0 Å². The summed E-state index contributed by atoms with van der Waals surface area (Å²) in [6.07, 6.45) is 12.3. The van der Waals surface area contributed by atoms with E-state index in [4.69, 9.17) is 4.52 Å². The van der Waals surface area contributed by atoms with Gasteiger partial charge in [0.2, 0.25) is 0 Å². The monoisotopic (exact) mass is 274 g/mol. The quantitative estimate of drug-likeness (QED) is 0.680. The van der Waals surface area contributed by atoms with E-state index < -0.39 is 0 Å². The first kappa shape index (κ1) is 13.4. The standard InChI is InChI=1S/C16H22N2O2/c19-16(17-11-12-7-3-1-4-8-12)15-13-9-5-2-6-10-14(13)20-18-15/h7H,1-6,8-11H2,(H,17,19). The van der Waals surface area contributed by atoms with Gasteiger partial charge in [0.15, 0.2) is 5.69 Å². The lowest BCUT2D eigenvalue weighted by atomic mass is 9.99. The molecule has 20 heavy (non-hydrogen) atoms. The molecule has 1 aromatic heterocycles. The van der Waals surface area contributed by atoms with Crippen molar-refractivity contribution in [1.82, 2.24) is 10.5 Å². The first-order valence-corrected chi connectivity index (χ1v) is 7.78. The summed E-state index contributed by atoms with van der Waals surface area (Å²) in [7, 11) is 0. The van der Waals surface area contributed by atoms with Crippen LogP contribution in [0.2, 0.25) is 0 Å². The molecule has 0 aliphatic heterocycles. The van der Waals surface area contributed by atoms with Gasteiger partial charge in [-0.15, -0.1) is 0 Å². The third-order valence-electron chi connectivity index (χ3n) is 4.28. The van der Waals surface area contributed by atoms with Crippen molar-refractivity contribution in [2.45, 2.75) is 57.8 Å². The lowest BCUT2D eigenvalue weighted by Gasteiger charge is -2.13. The maximum absolute atomic E-state index is 12.3. The molecule has 0 saturated carbocycles. The van der Waals surface area contributed by atoms with E-state index in [9.17, 15) is 4.79 Å². The zero-order valence-electron chi connectivity index (χ0n) is 11.9. The zero-order chi connectivity index (χ0) is 13.8. The van der Waals surface area contributed by atoms with E-state index in [0.717, 1.165) is 49.8 Å². The van der Waals surface area contributed by atoms with Gasteiger partial charge in [0.25, 0.3) is 5.91 Å². The Morgan fingerprint density at radius 1 is 1.15 bits per heavy atom. The molecule has 4 nitrogen and oxygen atoms in total. The van der Waals surface area contributed by atoms with Crippen LogP contribution in [0.15, 0.2) is 16.2 Å². The molecule has 0 spiro atoms. The topological polar surface area (TPSA) is 55.1 Å². The number of nitrogens with one attached hydrogen (secondary N) is 1. The number of hydrogen-bond donors (Lipinski definition) is 1. The number of amides is 1. The van der Waals surface area contributed by atoms with Crippen molar-refractivity contribution in [3.63, 3.8) is 0 Å². The highest BCUT2D eigenvalue weighted by Crippen LogP contribution is 2.23. The number of allylic oxidation sites excluding steroid dienone is 1. The first-order valence-electron chi connectivity index (χ1n) is 7.78. The van der Waals surface area contributed by atoms with Crippen LogP contribution in [0.5, 0.6) is 0 Å². The maximum Gasteiger partial charge on any atom is 0.274 e. The molecule has 0 saturated heterocycles. The number of rotatable bonds is 3. The Bertz CT molecular complexity index is 517. The summed E-state index contributed by atoms with van der Waals surface area (Å²) in [6, 6.07) is 0. The molecule has 2 aliphatic carbocycles. The smallest absolute Gasteiger partial charge is 0.274 e. The normalized spacial score (nSPS) is 18.9. The van der Waals surface area contributed by atoms with E-state index in [0.29, 0.717) is 12.2 Å². The minimum absolute atomic E-state index is 0.0802. The van der Waals surface area contributed by atoms with Crippen molar-refractivity contribution in [2.24, 2.45) is 0 Å². The van der Waals surface area contributed by atoms with Crippen LogP contribution in [0, 0.1) is 0 Å². The molecular weight excluding hydrogens is 252 g/mol. The van der Waals surface area contributed by atoms with E-state index in [2.05, 4.69) is 16.5 Å². The second-order valence-electron chi connectivity index (χ2n) is 5.78. The Morgan fingerprint density at radius 3 is 2.85 bits per heavy atom. The first-order chi connectivity index (χ1) is 9.84. The number of nitrogens with zero attached hydrogens (tertiary/aromatic N) is 1. The molecular formula is C16H22N2O2. The van der Waals surface area contributed by atoms with Crippen LogP contribution < -0.4 is 5.32 Å². The highest BCUT2D eigenvalue weighted by molar-refractivity contribution is 5.94. The van der Waals surface area contributed by atoms with E-state index >= 15 is 0 Å². The number of carbonyl (C=O) groups is 1. The molecule has 108 valence electrons. The predicted octanol–water partition coefficient (Wildman–Crippen LogP) is 3.17. The molecule has 1 heterocycles. The van der Waals surface area contributed by atoms with Gasteiger partial charge in [-0.2, -0.15) is 0 Å². The van der Waals surface area contributed by atoms with Crippen LogP contribution >= 0.6 is 0 Å². The van der Waals surface area contributed by atoms with Crippen molar-refractivity contribution < 1.29 is 9.32 Å². The summed E-state index contributed by atoms with van der Waals surface area (Å²) in [5.41, 5.74) is 2.90. The van der Waals surface area contributed by atoms with Gasteiger partial charge >= 0.3 is 0 Å². The second-order valence-corrected chi connectivity index (χ2v) is 5.78. The SMILES string of the molecule is O=C(NCC1=CCCCC1)c1noc2c1CCCCC2. The number of hydrogen-bond acceptors (Lipinski definition) is 3. The van der Waals surface area contributed by atoms with Crippen molar-refractivity contribution in [2.75, 3.05) is 6.54 Å². The van der Waals surface area contributed by atoms with Crippen LogP contribution in [0.1, 0.15) is 66.8 Å². The number of aromatic nitrogens is 1. The van der Waals surface area contributed by atoms with Crippen LogP contribution in [-0.2, 0) is 12.8 Å². The summed E-state index contributed by atoms with van der Waals surface area (Å²) in [6.45, 7) is 0.653. The molecule has 4 heteroatoms. The number of carbonyl (C=O) groups excluding carboxylic acids is 1. The summed E-state index contributed by atoms with van der Waals surface area (Å²) in [5.74, 6) is 0.841. The Hall–Kier alpha value is -1.58. The van der Waals surface area contributed by atoms with Gasteiger partial charge in [0.05, 0.1) is 0 Å². The molecule has 2 aliphatic rings. The fraction of sp³-hybridized carbons (Fsp3) is 0.625. The van der Waals surface area contributed by atoms with E-state index in [1.807, 2.05) is 0 Å². The zero-order valence-corrected chi connectivity index (χ0v) is 11.9. The Balaban J connectivity index is 1.65. The summed E-state index contributed by atoms with van der Waals surface area (Å²) >= 11 is 0. The average Bonchev–Trinajstić information content (AvgIpc) is 2.75. The van der Waals surface area contributed by atoms with E-state index in [-0.39, 0.29) is 5.91 Å². The van der Waals surface area contributed by atoms with Crippen molar-refractivity contribution in [3.05, 3.63) is 28.7 Å². The largest absolute Gasteiger partial charge is 0.360 e. The summed E-state index contributed by atoms with van der Waals surface area (Å²) in [4.78, 5) is 12.3. The van der Waals surface area contributed by atoms with Gasteiger partial charge < -0.3 is 9.84 Å². The highest BCUT2D eigenvalue weighted by atomic mass is 16.5. The van der Waals surface area contributed by atoms with Crippen LogP contribution in [0.4, 0.5) is 0 Å².